The van der Waals surface area contributed by atoms with Gasteiger partial charge in [0.2, 0.25) is 17.7 Å². The van der Waals surface area contributed by atoms with E-state index in [-0.39, 0.29) is 29.6 Å². The molecule has 3 saturated heterocycles. The van der Waals surface area contributed by atoms with Crippen molar-refractivity contribution in [3.05, 3.63) is 29.3 Å². The third kappa shape index (κ3) is 2.87. The van der Waals surface area contributed by atoms with Crippen molar-refractivity contribution in [2.24, 2.45) is 11.8 Å². The SMILES string of the molecule is CNC(=O)[C@@H]1[C@@H]2CCC3(S2)C(C(=O)Nc2c(C)cccc2C)N([C@H](C)CO)C(=O)[C@H]13. The summed E-state index contributed by atoms with van der Waals surface area (Å²) in [7, 11) is 1.59. The number of anilines is 1. The first-order valence-corrected chi connectivity index (χ1v) is 11.3. The van der Waals surface area contributed by atoms with Gasteiger partial charge in [0.25, 0.3) is 0 Å². The smallest absolute Gasteiger partial charge is 0.248 e. The molecule has 3 N–H and O–H groups in total. The lowest BCUT2D eigenvalue weighted by Gasteiger charge is -2.36. The van der Waals surface area contributed by atoms with E-state index in [1.54, 1.807) is 25.7 Å². The first kappa shape index (κ1) is 21.2. The fourth-order valence-corrected chi connectivity index (χ4v) is 7.83. The number of rotatable bonds is 5. The predicted octanol–water partition coefficient (Wildman–Crippen LogP) is 1.46. The van der Waals surface area contributed by atoms with Gasteiger partial charge < -0.3 is 20.6 Å². The molecule has 1 aromatic carbocycles. The molecule has 3 amide bonds. The summed E-state index contributed by atoms with van der Waals surface area (Å²) in [5, 5.41) is 15.6. The minimum absolute atomic E-state index is 0.0426. The largest absolute Gasteiger partial charge is 0.394 e. The minimum atomic E-state index is -0.721. The van der Waals surface area contributed by atoms with Gasteiger partial charge in [0, 0.05) is 18.0 Å². The number of nitrogens with one attached hydrogen (secondary N) is 2. The molecular weight excluding hydrogens is 402 g/mol. The van der Waals surface area contributed by atoms with Crippen molar-refractivity contribution in [3.8, 4) is 0 Å². The summed E-state index contributed by atoms with van der Waals surface area (Å²) < 4.78 is -0.636. The normalized spacial score (nSPS) is 32.8. The number of carbonyl (C=O) groups is 3. The van der Waals surface area contributed by atoms with Crippen LogP contribution in [0, 0.1) is 25.7 Å². The Hall–Kier alpha value is -2.06. The van der Waals surface area contributed by atoms with Gasteiger partial charge in [0.15, 0.2) is 0 Å². The van der Waals surface area contributed by atoms with Crippen LogP contribution in [0.25, 0.3) is 0 Å². The van der Waals surface area contributed by atoms with Gasteiger partial charge in [-0.15, -0.1) is 11.8 Å². The Bertz CT molecular complexity index is 886. The molecule has 0 aromatic heterocycles. The van der Waals surface area contributed by atoms with Crippen molar-refractivity contribution in [1.82, 2.24) is 10.2 Å². The maximum absolute atomic E-state index is 13.7. The van der Waals surface area contributed by atoms with Crippen molar-refractivity contribution >= 4 is 35.2 Å². The summed E-state index contributed by atoms with van der Waals surface area (Å²) >= 11 is 1.63. The van der Waals surface area contributed by atoms with E-state index in [2.05, 4.69) is 10.6 Å². The van der Waals surface area contributed by atoms with E-state index in [1.807, 2.05) is 32.0 Å². The molecule has 2 bridgehead atoms. The van der Waals surface area contributed by atoms with Gasteiger partial charge in [0.1, 0.15) is 6.04 Å². The Morgan fingerprint density at radius 3 is 2.57 bits per heavy atom. The Labute approximate surface area is 181 Å². The van der Waals surface area contributed by atoms with Gasteiger partial charge in [-0.3, -0.25) is 14.4 Å². The van der Waals surface area contributed by atoms with Gasteiger partial charge in [-0.25, -0.2) is 0 Å². The molecule has 0 radical (unpaired) electrons. The molecule has 0 aliphatic carbocycles. The Balaban J connectivity index is 1.76. The number of aryl methyl sites for hydroxylation is 2. The highest BCUT2D eigenvalue weighted by Gasteiger charge is 2.73. The molecule has 1 aromatic rings. The number of aliphatic hydroxyl groups is 1. The van der Waals surface area contributed by atoms with Crippen molar-refractivity contribution in [2.45, 2.75) is 55.7 Å². The van der Waals surface area contributed by atoms with Crippen LogP contribution in [0.15, 0.2) is 18.2 Å². The van der Waals surface area contributed by atoms with E-state index in [0.29, 0.717) is 6.42 Å². The van der Waals surface area contributed by atoms with Gasteiger partial charge in [-0.1, -0.05) is 18.2 Å². The highest BCUT2D eigenvalue weighted by atomic mass is 32.2. The molecule has 3 aliphatic heterocycles. The Kier molecular flexibility index (Phi) is 5.34. The average molecular weight is 432 g/mol. The summed E-state index contributed by atoms with van der Waals surface area (Å²) in [4.78, 5) is 41.4. The Morgan fingerprint density at radius 1 is 1.30 bits per heavy atom. The summed E-state index contributed by atoms with van der Waals surface area (Å²) in [5.41, 5.74) is 2.66. The van der Waals surface area contributed by atoms with E-state index in [1.165, 1.54) is 4.90 Å². The van der Waals surface area contributed by atoms with Crippen LogP contribution < -0.4 is 10.6 Å². The van der Waals surface area contributed by atoms with Crippen LogP contribution in [0.5, 0.6) is 0 Å². The third-order valence-corrected chi connectivity index (χ3v) is 8.96. The molecule has 30 heavy (non-hydrogen) atoms. The second kappa shape index (κ2) is 7.57. The van der Waals surface area contributed by atoms with Crippen LogP contribution >= 0.6 is 11.8 Å². The molecule has 2 unspecified atom stereocenters. The predicted molar refractivity (Wildman–Crippen MR) is 116 cm³/mol. The Morgan fingerprint density at radius 2 is 1.97 bits per heavy atom. The fourth-order valence-electron chi connectivity index (χ4n) is 5.62. The number of nitrogens with zero attached hydrogens (tertiary/aromatic N) is 1. The highest BCUT2D eigenvalue weighted by Crippen LogP contribution is 2.66. The number of para-hydroxylation sites is 1. The van der Waals surface area contributed by atoms with Crippen molar-refractivity contribution in [3.63, 3.8) is 0 Å². The topological polar surface area (TPSA) is 98.7 Å². The van der Waals surface area contributed by atoms with Crippen molar-refractivity contribution in [2.75, 3.05) is 19.0 Å². The molecular formula is C22H29N3O4S. The maximum atomic E-state index is 13.7. The van der Waals surface area contributed by atoms with Crippen LogP contribution in [-0.4, -0.2) is 63.5 Å². The minimum Gasteiger partial charge on any atom is -0.394 e. The summed E-state index contributed by atoms with van der Waals surface area (Å²) in [6, 6.07) is 4.60. The van der Waals surface area contributed by atoms with E-state index in [4.69, 9.17) is 0 Å². The lowest BCUT2D eigenvalue weighted by Crippen LogP contribution is -2.54. The number of carbonyl (C=O) groups excluding carboxylic acids is 3. The van der Waals surface area contributed by atoms with Crippen LogP contribution in [0.1, 0.15) is 30.9 Å². The number of likely N-dealkylation sites (tertiary alicyclic amines) is 1. The zero-order valence-corrected chi connectivity index (χ0v) is 18.6. The van der Waals surface area contributed by atoms with Crippen molar-refractivity contribution in [1.29, 1.82) is 0 Å². The van der Waals surface area contributed by atoms with E-state index >= 15 is 0 Å². The molecule has 1 spiro atoms. The van der Waals surface area contributed by atoms with Crippen molar-refractivity contribution < 1.29 is 19.5 Å². The monoisotopic (exact) mass is 431 g/mol. The second-order valence-electron chi connectivity index (χ2n) is 8.70. The zero-order chi connectivity index (χ0) is 21.8. The number of amides is 3. The molecule has 7 nitrogen and oxygen atoms in total. The summed E-state index contributed by atoms with van der Waals surface area (Å²) in [6.07, 6.45) is 1.52. The number of fused-ring (bicyclic) bond motifs is 1. The third-order valence-electron chi connectivity index (χ3n) is 7.00. The quantitative estimate of drug-likeness (QED) is 0.656. The fraction of sp³-hybridized carbons (Fsp3) is 0.591. The van der Waals surface area contributed by atoms with Gasteiger partial charge >= 0.3 is 0 Å². The number of hydrogen-bond donors (Lipinski definition) is 3. The first-order chi connectivity index (χ1) is 14.3. The molecule has 6 atom stereocenters. The maximum Gasteiger partial charge on any atom is 0.248 e. The number of thioether (sulfide) groups is 1. The second-order valence-corrected chi connectivity index (χ2v) is 10.3. The number of benzene rings is 1. The summed E-state index contributed by atoms with van der Waals surface area (Å²) in [6.45, 7) is 5.39. The lowest BCUT2D eigenvalue weighted by molar-refractivity contribution is -0.141. The zero-order valence-electron chi connectivity index (χ0n) is 17.8. The highest BCUT2D eigenvalue weighted by molar-refractivity contribution is 8.02. The van der Waals surface area contributed by atoms with Crippen LogP contribution in [-0.2, 0) is 14.4 Å². The van der Waals surface area contributed by atoms with Gasteiger partial charge in [-0.05, 0) is 44.7 Å². The first-order valence-electron chi connectivity index (χ1n) is 10.5. The van der Waals surface area contributed by atoms with Gasteiger partial charge in [-0.2, -0.15) is 0 Å². The molecule has 3 heterocycles. The molecule has 162 valence electrons. The van der Waals surface area contributed by atoms with Crippen LogP contribution in [0.3, 0.4) is 0 Å². The van der Waals surface area contributed by atoms with Gasteiger partial charge in [0.05, 0.1) is 29.2 Å². The molecule has 8 heteroatoms. The number of aliphatic hydroxyl groups excluding tert-OH is 1. The molecule has 0 saturated carbocycles. The van der Waals surface area contributed by atoms with E-state index < -0.39 is 28.7 Å². The standard InChI is InChI=1S/C22H29N3O4S/c1-11-6-5-7-12(2)17(11)24-20(28)18-22-9-8-14(30-22)15(19(27)23-4)16(22)21(29)25(18)13(3)10-26/h5-7,13-16,18,26H,8-10H2,1-4H3,(H,23,27)(H,24,28)/t13-,14+,15-,16+,18?,22?/m1/s1. The number of hydrogen-bond acceptors (Lipinski definition) is 5. The lowest BCUT2D eigenvalue weighted by atomic mass is 9.70. The molecule has 4 rings (SSSR count). The average Bonchev–Trinajstić information content (AvgIpc) is 3.37. The molecule has 3 fully saturated rings. The summed E-state index contributed by atoms with van der Waals surface area (Å²) in [5.74, 6) is -1.55. The van der Waals surface area contributed by atoms with Crippen LogP contribution in [0.4, 0.5) is 5.69 Å². The van der Waals surface area contributed by atoms with Crippen LogP contribution in [0.2, 0.25) is 0 Å². The van der Waals surface area contributed by atoms with E-state index in [0.717, 1.165) is 23.2 Å². The molecule has 3 aliphatic rings. The van der Waals surface area contributed by atoms with E-state index in [9.17, 15) is 19.5 Å².